The van der Waals surface area contributed by atoms with Crippen LogP contribution in [0, 0.1) is 18.3 Å². The Hall–Kier alpha value is -3.72. The van der Waals surface area contributed by atoms with Gasteiger partial charge in [-0.3, -0.25) is 4.79 Å². The first-order chi connectivity index (χ1) is 12.5. The summed E-state index contributed by atoms with van der Waals surface area (Å²) < 4.78 is 0. The molecule has 6 nitrogen and oxygen atoms in total. The van der Waals surface area contributed by atoms with Crippen LogP contribution in [0.5, 0.6) is 0 Å². The topological polar surface area (TPSA) is 90.7 Å². The fourth-order valence-electron chi connectivity index (χ4n) is 2.47. The van der Waals surface area contributed by atoms with E-state index >= 15 is 0 Å². The van der Waals surface area contributed by atoms with Crippen molar-refractivity contribution in [1.82, 2.24) is 9.97 Å². The van der Waals surface area contributed by atoms with Gasteiger partial charge in [-0.05, 0) is 44.2 Å². The van der Waals surface area contributed by atoms with Gasteiger partial charge in [0, 0.05) is 23.0 Å². The van der Waals surface area contributed by atoms with Crippen molar-refractivity contribution < 1.29 is 4.79 Å². The number of hydrogen-bond acceptors (Lipinski definition) is 6. The highest BCUT2D eigenvalue weighted by atomic mass is 16.1. The number of ketones is 1. The van der Waals surface area contributed by atoms with Gasteiger partial charge in [-0.2, -0.15) is 5.26 Å². The number of benzene rings is 2. The number of nitrogens with one attached hydrogen (secondary N) is 2. The number of Topliss-reactive ketones (excluding diaryl/α,β-unsaturated/α-hetero) is 1. The molecule has 128 valence electrons. The van der Waals surface area contributed by atoms with Crippen LogP contribution >= 0.6 is 0 Å². The third-order valence-corrected chi connectivity index (χ3v) is 3.64. The first-order valence-electron chi connectivity index (χ1n) is 8.04. The zero-order valence-electron chi connectivity index (χ0n) is 14.4. The fraction of sp³-hybridized carbons (Fsp3) is 0.100. The number of nitriles is 1. The van der Waals surface area contributed by atoms with E-state index in [1.807, 2.05) is 18.2 Å². The molecule has 0 bridgehead atoms. The van der Waals surface area contributed by atoms with E-state index in [1.165, 1.54) is 6.92 Å². The molecule has 2 aromatic carbocycles. The minimum Gasteiger partial charge on any atom is -0.340 e. The van der Waals surface area contributed by atoms with Crippen molar-refractivity contribution in [1.29, 1.82) is 5.26 Å². The summed E-state index contributed by atoms with van der Waals surface area (Å²) in [5.41, 5.74) is 2.74. The van der Waals surface area contributed by atoms with Gasteiger partial charge >= 0.3 is 0 Å². The minimum absolute atomic E-state index is 0.00671. The lowest BCUT2D eigenvalue weighted by Gasteiger charge is -2.11. The molecule has 3 aromatic rings. The molecule has 3 rings (SSSR count). The molecule has 0 atom stereocenters. The Balaban J connectivity index is 1.84. The number of hydrogen-bond donors (Lipinski definition) is 2. The molecule has 6 heteroatoms. The smallest absolute Gasteiger partial charge is 0.159 e. The molecule has 0 radical (unpaired) electrons. The molecular formula is C20H17N5O. The lowest BCUT2D eigenvalue weighted by molar-refractivity contribution is 0.101. The molecular weight excluding hydrogens is 326 g/mol. The number of aryl methyl sites for hydroxylation is 1. The van der Waals surface area contributed by atoms with Crippen LogP contribution in [0.3, 0.4) is 0 Å². The minimum atomic E-state index is 0.00671. The molecule has 26 heavy (non-hydrogen) atoms. The van der Waals surface area contributed by atoms with Crippen LogP contribution in [0.4, 0.5) is 23.0 Å². The van der Waals surface area contributed by atoms with Crippen LogP contribution in [-0.4, -0.2) is 15.8 Å². The molecule has 0 fully saturated rings. The van der Waals surface area contributed by atoms with Gasteiger partial charge in [0.25, 0.3) is 0 Å². The van der Waals surface area contributed by atoms with Crippen LogP contribution in [0.1, 0.15) is 28.7 Å². The molecule has 0 unspecified atom stereocenters. The largest absolute Gasteiger partial charge is 0.340 e. The normalized spacial score (nSPS) is 10.0. The maximum Gasteiger partial charge on any atom is 0.159 e. The van der Waals surface area contributed by atoms with Gasteiger partial charge in [0.1, 0.15) is 17.5 Å². The second-order valence-electron chi connectivity index (χ2n) is 5.77. The molecule has 2 N–H and O–H groups in total. The summed E-state index contributed by atoms with van der Waals surface area (Å²) >= 11 is 0. The lowest BCUT2D eigenvalue weighted by Crippen LogP contribution is -2.02. The summed E-state index contributed by atoms with van der Waals surface area (Å²) in [6, 6.07) is 18.3. The van der Waals surface area contributed by atoms with Crippen molar-refractivity contribution in [2.24, 2.45) is 0 Å². The zero-order chi connectivity index (χ0) is 18.5. The number of carbonyl (C=O) groups is 1. The van der Waals surface area contributed by atoms with Gasteiger partial charge in [-0.15, -0.1) is 0 Å². The first kappa shape index (κ1) is 17.1. The Bertz CT molecular complexity index is 1010. The van der Waals surface area contributed by atoms with E-state index < -0.39 is 0 Å². The van der Waals surface area contributed by atoms with E-state index in [0.717, 1.165) is 11.4 Å². The van der Waals surface area contributed by atoms with Gasteiger partial charge in [0.15, 0.2) is 5.78 Å². The van der Waals surface area contributed by atoms with Crippen molar-refractivity contribution in [3.8, 4) is 6.07 Å². The molecule has 0 saturated heterocycles. The van der Waals surface area contributed by atoms with Crippen LogP contribution in [0.25, 0.3) is 0 Å². The van der Waals surface area contributed by atoms with E-state index in [-0.39, 0.29) is 5.78 Å². The summed E-state index contributed by atoms with van der Waals surface area (Å²) in [6.07, 6.45) is 0. The Labute approximate surface area is 151 Å². The number of aromatic nitrogens is 2. The van der Waals surface area contributed by atoms with Crippen molar-refractivity contribution in [3.63, 3.8) is 0 Å². The van der Waals surface area contributed by atoms with Crippen LogP contribution in [0.2, 0.25) is 0 Å². The molecule has 1 heterocycles. The van der Waals surface area contributed by atoms with Crippen molar-refractivity contribution in [2.75, 3.05) is 10.6 Å². The number of nitrogens with zero attached hydrogens (tertiary/aromatic N) is 3. The standard InChI is InChI=1S/C20H17N5O/c1-13(26)16-6-4-8-18(10-16)25-20-11-19(22-14(2)23-20)24-17-7-3-5-15(9-17)12-21/h3-11H,1-2H3,(H2,22,23,24,25). The second-order valence-corrected chi connectivity index (χ2v) is 5.77. The SMILES string of the molecule is CC(=O)c1cccc(Nc2cc(Nc3cccc(C#N)c3)nc(C)n2)c1. The fourth-order valence-corrected chi connectivity index (χ4v) is 2.47. The molecule has 1 aromatic heterocycles. The molecule has 0 aliphatic heterocycles. The van der Waals surface area contributed by atoms with E-state index in [4.69, 9.17) is 5.26 Å². The number of carbonyl (C=O) groups excluding carboxylic acids is 1. The maximum atomic E-state index is 11.5. The quantitative estimate of drug-likeness (QED) is 0.669. The predicted octanol–water partition coefficient (Wildman–Crippen LogP) is 4.35. The van der Waals surface area contributed by atoms with Crippen molar-refractivity contribution in [3.05, 3.63) is 71.5 Å². The van der Waals surface area contributed by atoms with E-state index in [1.54, 1.807) is 43.3 Å². The van der Waals surface area contributed by atoms with Crippen LogP contribution in [-0.2, 0) is 0 Å². The van der Waals surface area contributed by atoms with Gasteiger partial charge in [-0.1, -0.05) is 18.2 Å². The highest BCUT2D eigenvalue weighted by molar-refractivity contribution is 5.95. The molecule has 0 spiro atoms. The zero-order valence-corrected chi connectivity index (χ0v) is 14.4. The Morgan fingerprint density at radius 3 is 2.19 bits per heavy atom. The van der Waals surface area contributed by atoms with Gasteiger partial charge < -0.3 is 10.6 Å². The highest BCUT2D eigenvalue weighted by Crippen LogP contribution is 2.21. The average Bonchev–Trinajstić information content (AvgIpc) is 2.61. The van der Waals surface area contributed by atoms with Gasteiger partial charge in [0.05, 0.1) is 11.6 Å². The van der Waals surface area contributed by atoms with Gasteiger partial charge in [0.2, 0.25) is 0 Å². The van der Waals surface area contributed by atoms with Crippen LogP contribution in [0.15, 0.2) is 54.6 Å². The van der Waals surface area contributed by atoms with E-state index in [2.05, 4.69) is 26.7 Å². The third kappa shape index (κ3) is 4.22. The number of rotatable bonds is 5. The van der Waals surface area contributed by atoms with Gasteiger partial charge in [-0.25, -0.2) is 9.97 Å². The summed E-state index contributed by atoms with van der Waals surface area (Å²) in [5.74, 6) is 1.82. The second kappa shape index (κ2) is 7.45. The summed E-state index contributed by atoms with van der Waals surface area (Å²) in [7, 11) is 0. The van der Waals surface area contributed by atoms with E-state index in [9.17, 15) is 4.79 Å². The molecule has 0 saturated carbocycles. The van der Waals surface area contributed by atoms with Crippen LogP contribution < -0.4 is 10.6 Å². The molecule has 0 aliphatic rings. The Kier molecular flexibility index (Phi) is 4.90. The first-order valence-corrected chi connectivity index (χ1v) is 8.04. The predicted molar refractivity (Wildman–Crippen MR) is 101 cm³/mol. The molecule has 0 amide bonds. The lowest BCUT2D eigenvalue weighted by atomic mass is 10.1. The van der Waals surface area contributed by atoms with Crippen molar-refractivity contribution >= 4 is 28.8 Å². The number of anilines is 4. The Morgan fingerprint density at radius 1 is 0.962 bits per heavy atom. The van der Waals surface area contributed by atoms with E-state index in [0.29, 0.717) is 28.6 Å². The average molecular weight is 343 g/mol. The monoisotopic (exact) mass is 343 g/mol. The summed E-state index contributed by atoms with van der Waals surface area (Å²) in [5, 5.41) is 15.4. The maximum absolute atomic E-state index is 11.5. The molecule has 0 aliphatic carbocycles. The highest BCUT2D eigenvalue weighted by Gasteiger charge is 2.05. The van der Waals surface area contributed by atoms with Crippen molar-refractivity contribution in [2.45, 2.75) is 13.8 Å². The summed E-state index contributed by atoms with van der Waals surface area (Å²) in [4.78, 5) is 20.3. The third-order valence-electron chi connectivity index (χ3n) is 3.64. The Morgan fingerprint density at radius 2 is 1.58 bits per heavy atom. The summed E-state index contributed by atoms with van der Waals surface area (Å²) in [6.45, 7) is 3.33.